The molecule has 102 valence electrons. The minimum Gasteiger partial charge on any atom is -0.381 e. The van der Waals surface area contributed by atoms with Gasteiger partial charge in [-0.05, 0) is 14.0 Å². The SMILES string of the molecule is CCOC1(C(NC)c2cnnn2C)CCOCC1. The van der Waals surface area contributed by atoms with E-state index in [2.05, 4.69) is 15.6 Å². The number of rotatable bonds is 5. The van der Waals surface area contributed by atoms with Crippen molar-refractivity contribution < 1.29 is 9.47 Å². The third kappa shape index (κ3) is 2.41. The maximum Gasteiger partial charge on any atom is 0.0935 e. The van der Waals surface area contributed by atoms with Crippen molar-refractivity contribution in [1.82, 2.24) is 20.3 Å². The molecule has 0 bridgehead atoms. The van der Waals surface area contributed by atoms with Gasteiger partial charge in [0.25, 0.3) is 0 Å². The molecular weight excluding hydrogens is 232 g/mol. The smallest absolute Gasteiger partial charge is 0.0935 e. The molecule has 1 unspecified atom stereocenters. The van der Waals surface area contributed by atoms with Gasteiger partial charge in [0.15, 0.2) is 0 Å². The molecule has 1 N–H and O–H groups in total. The van der Waals surface area contributed by atoms with Crippen LogP contribution in [0.25, 0.3) is 0 Å². The maximum atomic E-state index is 6.09. The number of hydrogen-bond donors (Lipinski definition) is 1. The van der Waals surface area contributed by atoms with Crippen LogP contribution in [-0.4, -0.2) is 47.5 Å². The molecule has 2 rings (SSSR count). The number of hydrogen-bond acceptors (Lipinski definition) is 5. The monoisotopic (exact) mass is 254 g/mol. The van der Waals surface area contributed by atoms with Crippen LogP contribution in [0, 0.1) is 0 Å². The van der Waals surface area contributed by atoms with Crippen molar-refractivity contribution in [1.29, 1.82) is 0 Å². The summed E-state index contributed by atoms with van der Waals surface area (Å²) in [6.45, 7) is 4.21. The minimum atomic E-state index is -0.225. The van der Waals surface area contributed by atoms with Crippen LogP contribution in [-0.2, 0) is 16.5 Å². The summed E-state index contributed by atoms with van der Waals surface area (Å²) in [6, 6.07) is 0.0846. The Bertz CT molecular complexity index is 368. The number of nitrogens with one attached hydrogen (secondary N) is 1. The highest BCUT2D eigenvalue weighted by molar-refractivity contribution is 5.11. The fourth-order valence-electron chi connectivity index (χ4n) is 2.76. The van der Waals surface area contributed by atoms with Crippen molar-refractivity contribution in [2.75, 3.05) is 26.9 Å². The Morgan fingerprint density at radius 2 is 2.28 bits per heavy atom. The van der Waals surface area contributed by atoms with E-state index in [4.69, 9.17) is 9.47 Å². The molecule has 0 aromatic carbocycles. The van der Waals surface area contributed by atoms with E-state index in [9.17, 15) is 0 Å². The van der Waals surface area contributed by atoms with Gasteiger partial charge >= 0.3 is 0 Å². The largest absolute Gasteiger partial charge is 0.381 e. The summed E-state index contributed by atoms with van der Waals surface area (Å²) in [5.74, 6) is 0. The van der Waals surface area contributed by atoms with Gasteiger partial charge in [-0.25, -0.2) is 0 Å². The van der Waals surface area contributed by atoms with Crippen molar-refractivity contribution in [2.24, 2.45) is 7.05 Å². The van der Waals surface area contributed by atoms with E-state index >= 15 is 0 Å². The van der Waals surface area contributed by atoms with Crippen molar-refractivity contribution in [3.8, 4) is 0 Å². The van der Waals surface area contributed by atoms with E-state index in [-0.39, 0.29) is 11.6 Å². The highest BCUT2D eigenvalue weighted by Crippen LogP contribution is 2.37. The normalized spacial score (nSPS) is 20.8. The van der Waals surface area contributed by atoms with Gasteiger partial charge in [-0.1, -0.05) is 5.21 Å². The first-order valence-corrected chi connectivity index (χ1v) is 6.47. The molecule has 1 atom stereocenters. The van der Waals surface area contributed by atoms with E-state index in [1.54, 1.807) is 10.9 Å². The number of likely N-dealkylation sites (N-methyl/N-ethyl adjacent to an activating group) is 1. The van der Waals surface area contributed by atoms with Crippen LogP contribution >= 0.6 is 0 Å². The first kappa shape index (κ1) is 13.5. The Morgan fingerprint density at radius 3 is 2.78 bits per heavy atom. The van der Waals surface area contributed by atoms with Gasteiger partial charge < -0.3 is 14.8 Å². The zero-order chi connectivity index (χ0) is 13.0. The summed E-state index contributed by atoms with van der Waals surface area (Å²) in [5.41, 5.74) is 0.824. The Hall–Kier alpha value is -0.980. The average Bonchev–Trinajstić information content (AvgIpc) is 2.78. The van der Waals surface area contributed by atoms with Crippen molar-refractivity contribution in [3.05, 3.63) is 11.9 Å². The summed E-state index contributed by atoms with van der Waals surface area (Å²) in [5, 5.41) is 11.3. The summed E-state index contributed by atoms with van der Waals surface area (Å²) in [6.07, 6.45) is 3.58. The lowest BCUT2D eigenvalue weighted by Crippen LogP contribution is -2.49. The molecule has 2 heterocycles. The molecule has 1 aromatic heterocycles. The lowest BCUT2D eigenvalue weighted by molar-refractivity contribution is -0.128. The zero-order valence-corrected chi connectivity index (χ0v) is 11.3. The van der Waals surface area contributed by atoms with E-state index in [0.29, 0.717) is 6.61 Å². The lowest BCUT2D eigenvalue weighted by Gasteiger charge is -2.42. The van der Waals surface area contributed by atoms with Gasteiger partial charge in [-0.3, -0.25) is 4.68 Å². The molecule has 0 amide bonds. The summed E-state index contributed by atoms with van der Waals surface area (Å²) < 4.78 is 13.4. The van der Waals surface area contributed by atoms with Crippen LogP contribution in [0.4, 0.5) is 0 Å². The highest BCUT2D eigenvalue weighted by atomic mass is 16.5. The van der Waals surface area contributed by atoms with Gasteiger partial charge in [-0.2, -0.15) is 0 Å². The van der Waals surface area contributed by atoms with E-state index in [1.165, 1.54) is 0 Å². The molecular formula is C12H22N4O2. The van der Waals surface area contributed by atoms with E-state index in [0.717, 1.165) is 31.7 Å². The van der Waals surface area contributed by atoms with Crippen LogP contribution in [0.5, 0.6) is 0 Å². The van der Waals surface area contributed by atoms with Crippen LogP contribution in [0.3, 0.4) is 0 Å². The minimum absolute atomic E-state index is 0.0846. The van der Waals surface area contributed by atoms with Crippen LogP contribution < -0.4 is 5.32 Å². The molecule has 1 aliphatic rings. The van der Waals surface area contributed by atoms with Gasteiger partial charge in [0.05, 0.1) is 23.5 Å². The molecule has 0 aliphatic carbocycles. The second-order valence-corrected chi connectivity index (χ2v) is 4.61. The fraction of sp³-hybridized carbons (Fsp3) is 0.833. The predicted molar refractivity (Wildman–Crippen MR) is 67.2 cm³/mol. The van der Waals surface area contributed by atoms with Crippen molar-refractivity contribution in [3.63, 3.8) is 0 Å². The molecule has 0 saturated carbocycles. The van der Waals surface area contributed by atoms with Gasteiger partial charge in [-0.15, -0.1) is 5.10 Å². The van der Waals surface area contributed by atoms with E-state index < -0.39 is 0 Å². The predicted octanol–water partition coefficient (Wildman–Crippen LogP) is 0.661. The Balaban J connectivity index is 2.29. The van der Waals surface area contributed by atoms with Crippen molar-refractivity contribution >= 4 is 0 Å². The van der Waals surface area contributed by atoms with Gasteiger partial charge in [0.2, 0.25) is 0 Å². The second kappa shape index (κ2) is 5.77. The summed E-state index contributed by atoms with van der Waals surface area (Å²) in [7, 11) is 3.86. The van der Waals surface area contributed by atoms with Crippen molar-refractivity contribution in [2.45, 2.75) is 31.4 Å². The molecule has 0 radical (unpaired) electrons. The second-order valence-electron chi connectivity index (χ2n) is 4.61. The molecule has 18 heavy (non-hydrogen) atoms. The topological polar surface area (TPSA) is 61.2 Å². The third-order valence-electron chi connectivity index (χ3n) is 3.63. The number of aromatic nitrogens is 3. The van der Waals surface area contributed by atoms with Gasteiger partial charge in [0.1, 0.15) is 0 Å². The number of nitrogens with zero attached hydrogens (tertiary/aromatic N) is 3. The molecule has 0 spiro atoms. The number of aryl methyl sites for hydroxylation is 1. The molecule has 6 nitrogen and oxygen atoms in total. The highest BCUT2D eigenvalue weighted by Gasteiger charge is 2.42. The molecule has 1 aromatic rings. The molecule has 1 saturated heterocycles. The first-order valence-electron chi connectivity index (χ1n) is 6.47. The Kier molecular flexibility index (Phi) is 4.31. The molecule has 1 aliphatic heterocycles. The van der Waals surface area contributed by atoms with Gasteiger partial charge in [0, 0.05) is 39.7 Å². The standard InChI is InChI=1S/C12H22N4O2/c1-4-18-12(5-7-17-8-6-12)11(13-2)10-9-14-15-16(10)3/h9,11,13H,4-8H2,1-3H3. The van der Waals surface area contributed by atoms with Crippen LogP contribution in [0.1, 0.15) is 31.5 Å². The first-order chi connectivity index (χ1) is 8.73. The quantitative estimate of drug-likeness (QED) is 0.836. The summed E-state index contributed by atoms with van der Waals surface area (Å²) in [4.78, 5) is 0. The third-order valence-corrected chi connectivity index (χ3v) is 3.63. The number of ether oxygens (including phenoxy) is 2. The zero-order valence-electron chi connectivity index (χ0n) is 11.3. The Morgan fingerprint density at radius 1 is 1.56 bits per heavy atom. The lowest BCUT2D eigenvalue weighted by atomic mass is 9.84. The maximum absolute atomic E-state index is 6.09. The summed E-state index contributed by atoms with van der Waals surface area (Å²) >= 11 is 0. The fourth-order valence-corrected chi connectivity index (χ4v) is 2.76. The van der Waals surface area contributed by atoms with E-state index in [1.807, 2.05) is 21.0 Å². The van der Waals surface area contributed by atoms with Crippen LogP contribution in [0.2, 0.25) is 0 Å². The average molecular weight is 254 g/mol. The molecule has 6 heteroatoms. The Labute approximate surface area is 108 Å². The molecule has 1 fully saturated rings. The van der Waals surface area contributed by atoms with Crippen LogP contribution in [0.15, 0.2) is 6.20 Å².